The molecule has 0 saturated carbocycles. The van der Waals surface area contributed by atoms with Gasteiger partial charge in [-0.1, -0.05) is 29.8 Å². The third-order valence-corrected chi connectivity index (χ3v) is 6.75. The van der Waals surface area contributed by atoms with E-state index in [2.05, 4.69) is 16.0 Å². The number of hydrogen-bond donors (Lipinski definition) is 1. The molecule has 0 radical (unpaired) electrons. The van der Waals surface area contributed by atoms with E-state index in [4.69, 9.17) is 26.2 Å². The Bertz CT molecular complexity index is 1540. The van der Waals surface area contributed by atoms with Crippen molar-refractivity contribution in [1.82, 2.24) is 14.5 Å². The molecule has 220 valence electrons. The van der Waals surface area contributed by atoms with Crippen molar-refractivity contribution in [2.45, 2.75) is 13.1 Å². The summed E-state index contributed by atoms with van der Waals surface area (Å²) in [6.45, 7) is 2.80. The van der Waals surface area contributed by atoms with Crippen molar-refractivity contribution in [3.63, 3.8) is 0 Å². The molecule has 5 rings (SSSR count). The molecule has 0 atom stereocenters. The Hall–Kier alpha value is -3.78. The van der Waals surface area contributed by atoms with Crippen LogP contribution in [-0.2, 0) is 17.9 Å². The number of carbonyl (C=O) groups excluding carboxylic acids is 1. The minimum Gasteiger partial charge on any atom is -0.491 e. The average molecular weight is 631 g/mol. The highest BCUT2D eigenvalue weighted by molar-refractivity contribution is 6.30. The summed E-state index contributed by atoms with van der Waals surface area (Å²) in [6.07, 6.45) is 3.58. The second kappa shape index (κ2) is 15.4. The Morgan fingerprint density at radius 3 is 2.57 bits per heavy atom. The quantitative estimate of drug-likeness (QED) is 0.253. The third kappa shape index (κ3) is 8.16. The number of imidazole rings is 1. The van der Waals surface area contributed by atoms with Crippen LogP contribution in [-0.4, -0.2) is 58.3 Å². The second-order valence-electron chi connectivity index (χ2n) is 9.34. The highest BCUT2D eigenvalue weighted by Gasteiger charge is 2.26. The van der Waals surface area contributed by atoms with Gasteiger partial charge in [-0.25, -0.2) is 4.98 Å². The van der Waals surface area contributed by atoms with Gasteiger partial charge in [0.2, 0.25) is 5.91 Å². The van der Waals surface area contributed by atoms with Crippen LogP contribution in [0.1, 0.15) is 16.8 Å². The number of aromatic nitrogens is 2. The molecule has 0 aliphatic carbocycles. The number of nitrogens with zero attached hydrogens (tertiary/aromatic N) is 5. The van der Waals surface area contributed by atoms with Gasteiger partial charge in [0.1, 0.15) is 29.9 Å². The molecule has 9 nitrogen and oxygen atoms in total. The highest BCUT2D eigenvalue weighted by Crippen LogP contribution is 2.29. The number of hydrogen-bond acceptors (Lipinski definition) is 7. The summed E-state index contributed by atoms with van der Waals surface area (Å²) in [7, 11) is 0. The fourth-order valence-corrected chi connectivity index (χ4v) is 4.77. The van der Waals surface area contributed by atoms with Crippen molar-refractivity contribution in [3.05, 3.63) is 101 Å². The van der Waals surface area contributed by atoms with E-state index in [1.165, 1.54) is 0 Å². The van der Waals surface area contributed by atoms with E-state index >= 15 is 0 Å². The van der Waals surface area contributed by atoms with Crippen molar-refractivity contribution in [2.75, 3.05) is 37.7 Å². The van der Waals surface area contributed by atoms with E-state index in [9.17, 15) is 10.1 Å². The summed E-state index contributed by atoms with van der Waals surface area (Å²) < 4.78 is 13.5. The molecular formula is C30H30Cl3N5O4. The predicted octanol–water partition coefficient (Wildman–Crippen LogP) is 5.31. The van der Waals surface area contributed by atoms with Crippen molar-refractivity contribution in [2.24, 2.45) is 0 Å². The molecular weight excluding hydrogens is 601 g/mol. The summed E-state index contributed by atoms with van der Waals surface area (Å²) in [5.74, 6) is 1.55. The molecule has 12 heteroatoms. The summed E-state index contributed by atoms with van der Waals surface area (Å²) in [4.78, 5) is 21.1. The smallest absolute Gasteiger partial charge is 0.241 e. The summed E-state index contributed by atoms with van der Waals surface area (Å²) in [6, 6.07) is 22.1. The van der Waals surface area contributed by atoms with Gasteiger partial charge in [-0.15, -0.1) is 24.8 Å². The number of carbonyl (C=O) groups is 1. The second-order valence-corrected chi connectivity index (χ2v) is 9.78. The first-order valence-electron chi connectivity index (χ1n) is 12.8. The lowest BCUT2D eigenvalue weighted by Gasteiger charge is -2.34. The van der Waals surface area contributed by atoms with Crippen molar-refractivity contribution in [1.29, 1.82) is 5.26 Å². The van der Waals surface area contributed by atoms with E-state index in [1.807, 2.05) is 41.1 Å². The monoisotopic (exact) mass is 629 g/mol. The summed E-state index contributed by atoms with van der Waals surface area (Å²) in [5.41, 5.74) is 3.13. The maximum atomic E-state index is 12.9. The van der Waals surface area contributed by atoms with Crippen LogP contribution in [0.15, 0.2) is 79.3 Å². The molecule has 1 aromatic heterocycles. The lowest BCUT2D eigenvalue weighted by atomic mass is 10.1. The van der Waals surface area contributed by atoms with Crippen molar-refractivity contribution < 1.29 is 19.4 Å². The number of aliphatic hydroxyl groups is 1. The topological polar surface area (TPSA) is 104 Å². The van der Waals surface area contributed by atoms with Gasteiger partial charge in [-0.2, -0.15) is 5.26 Å². The SMILES string of the molecule is Cl.Cl.N#Cc1ccc(Cn2cncc2CN2CCN(c3cccc(Cl)c3)C(=O)C2)cc1Oc1cccc(OCCO)c1. The van der Waals surface area contributed by atoms with Gasteiger partial charge in [0.25, 0.3) is 0 Å². The number of anilines is 1. The molecule has 1 N–H and O–H groups in total. The molecule has 1 amide bonds. The standard InChI is InChI=1S/C30H28ClN5O4.2ClH/c31-24-3-1-4-25(14-24)36-10-9-34(20-30(36)38)19-26-17-33-21-35(26)18-22-7-8-23(16-32)29(13-22)40-28-6-2-5-27(15-28)39-12-11-37;;/h1-8,13-15,17,21,37H,9-12,18-20H2;2*1H. The first-order valence-corrected chi connectivity index (χ1v) is 13.2. The zero-order valence-electron chi connectivity index (χ0n) is 22.6. The summed E-state index contributed by atoms with van der Waals surface area (Å²) in [5, 5.41) is 19.2. The van der Waals surface area contributed by atoms with E-state index in [-0.39, 0.29) is 43.9 Å². The van der Waals surface area contributed by atoms with Crippen LogP contribution >= 0.6 is 36.4 Å². The van der Waals surface area contributed by atoms with Crippen LogP contribution in [0.4, 0.5) is 5.69 Å². The van der Waals surface area contributed by atoms with Gasteiger partial charge in [-0.3, -0.25) is 9.69 Å². The van der Waals surface area contributed by atoms with Crippen molar-refractivity contribution in [3.8, 4) is 23.3 Å². The largest absolute Gasteiger partial charge is 0.491 e. The van der Waals surface area contributed by atoms with Crippen molar-refractivity contribution >= 4 is 48.0 Å². The van der Waals surface area contributed by atoms with E-state index in [1.54, 1.807) is 47.6 Å². The number of amides is 1. The van der Waals surface area contributed by atoms with Crippen LogP contribution < -0.4 is 14.4 Å². The molecule has 42 heavy (non-hydrogen) atoms. The minimum absolute atomic E-state index is 0. The number of halogens is 3. The number of piperazine rings is 1. The predicted molar refractivity (Wildman–Crippen MR) is 165 cm³/mol. The Balaban J connectivity index is 0.00000242. The van der Waals surface area contributed by atoms with Crippen LogP contribution in [0.2, 0.25) is 5.02 Å². The van der Waals surface area contributed by atoms with Crippen LogP contribution in [0.3, 0.4) is 0 Å². The number of aliphatic hydroxyl groups excluding tert-OH is 1. The maximum Gasteiger partial charge on any atom is 0.241 e. The maximum absolute atomic E-state index is 12.9. The van der Waals surface area contributed by atoms with Gasteiger partial charge in [0, 0.05) is 49.2 Å². The molecule has 1 fully saturated rings. The molecule has 0 bridgehead atoms. The Labute approximate surface area is 261 Å². The lowest BCUT2D eigenvalue weighted by molar-refractivity contribution is -0.121. The highest BCUT2D eigenvalue weighted by atomic mass is 35.5. The van der Waals surface area contributed by atoms with E-state index in [0.29, 0.717) is 54.0 Å². The number of ether oxygens (including phenoxy) is 2. The van der Waals surface area contributed by atoms with Crippen LogP contribution in [0, 0.1) is 11.3 Å². The van der Waals surface area contributed by atoms with Gasteiger partial charge in [-0.05, 0) is 48.0 Å². The fourth-order valence-electron chi connectivity index (χ4n) is 4.58. The molecule has 1 aliphatic rings. The number of nitriles is 1. The zero-order chi connectivity index (χ0) is 27.9. The van der Waals surface area contributed by atoms with Crippen LogP contribution in [0.25, 0.3) is 0 Å². The van der Waals surface area contributed by atoms with Gasteiger partial charge in [0.05, 0.1) is 30.7 Å². The molecule has 0 spiro atoms. The fraction of sp³-hybridized carbons (Fsp3) is 0.233. The van der Waals surface area contributed by atoms with Gasteiger partial charge < -0.3 is 24.0 Å². The molecule has 4 aromatic rings. The van der Waals surface area contributed by atoms with Crippen LogP contribution in [0.5, 0.6) is 17.2 Å². The lowest BCUT2D eigenvalue weighted by Crippen LogP contribution is -2.50. The average Bonchev–Trinajstić information content (AvgIpc) is 3.38. The van der Waals surface area contributed by atoms with E-state index in [0.717, 1.165) is 23.5 Å². The van der Waals surface area contributed by atoms with Gasteiger partial charge >= 0.3 is 0 Å². The minimum atomic E-state index is -0.0858. The molecule has 1 aliphatic heterocycles. The first-order chi connectivity index (χ1) is 19.5. The number of rotatable bonds is 10. The molecule has 2 heterocycles. The Morgan fingerprint density at radius 2 is 1.81 bits per heavy atom. The van der Waals surface area contributed by atoms with Gasteiger partial charge in [0.15, 0.2) is 0 Å². The number of benzene rings is 3. The molecule has 1 saturated heterocycles. The normalized spacial score (nSPS) is 13.1. The molecule has 0 unspecified atom stereocenters. The summed E-state index contributed by atoms with van der Waals surface area (Å²) >= 11 is 6.11. The zero-order valence-corrected chi connectivity index (χ0v) is 24.9. The molecule has 3 aromatic carbocycles. The Kier molecular flexibility index (Phi) is 12.0. The third-order valence-electron chi connectivity index (χ3n) is 6.52. The first kappa shape index (κ1) is 32.7. The Morgan fingerprint density at radius 1 is 1.00 bits per heavy atom. The van der Waals surface area contributed by atoms with E-state index < -0.39 is 0 Å².